The quantitative estimate of drug-likeness (QED) is 0.738. The van der Waals surface area contributed by atoms with Gasteiger partial charge in [0.1, 0.15) is 0 Å². The molecule has 0 aromatic carbocycles. The summed E-state index contributed by atoms with van der Waals surface area (Å²) in [6.07, 6.45) is 8.34. The molecule has 0 aromatic heterocycles. The summed E-state index contributed by atoms with van der Waals surface area (Å²) in [6.45, 7) is 13.0. The Labute approximate surface area is 126 Å². The summed E-state index contributed by atoms with van der Waals surface area (Å²) in [5.74, 6) is 0. The van der Waals surface area contributed by atoms with Gasteiger partial charge in [0.2, 0.25) is 0 Å². The number of fused-ring (bicyclic) bond motifs is 2. The fraction of sp³-hybridized carbons (Fsp3) is 1.00. The van der Waals surface area contributed by atoms with Crippen LogP contribution in [0.4, 0.5) is 0 Å². The first-order valence-corrected chi connectivity index (χ1v) is 8.99. The molecule has 2 heterocycles. The molecule has 2 atom stereocenters. The Hall–Kier alpha value is -0.120. The van der Waals surface area contributed by atoms with Crippen LogP contribution >= 0.6 is 0 Å². The normalized spacial score (nSPS) is 30.9. The highest BCUT2D eigenvalue weighted by molar-refractivity contribution is 4.95. The molecule has 2 fully saturated rings. The van der Waals surface area contributed by atoms with Crippen LogP contribution in [0, 0.1) is 0 Å². The lowest BCUT2D eigenvalue weighted by atomic mass is 9.81. The number of rotatable bonds is 8. The number of likely N-dealkylation sites (N-methyl/N-ethyl adjacent to an activating group) is 1. The maximum atomic E-state index is 3.77. The van der Waals surface area contributed by atoms with Gasteiger partial charge in [-0.25, -0.2) is 0 Å². The van der Waals surface area contributed by atoms with Crippen molar-refractivity contribution in [1.82, 2.24) is 15.1 Å². The van der Waals surface area contributed by atoms with Crippen LogP contribution in [0.5, 0.6) is 0 Å². The van der Waals surface area contributed by atoms with Crippen molar-refractivity contribution in [2.75, 3.05) is 32.7 Å². The van der Waals surface area contributed by atoms with Crippen molar-refractivity contribution in [3.05, 3.63) is 0 Å². The average Bonchev–Trinajstić information content (AvgIpc) is 2.46. The van der Waals surface area contributed by atoms with E-state index in [1.165, 1.54) is 71.2 Å². The van der Waals surface area contributed by atoms with Crippen molar-refractivity contribution >= 4 is 0 Å². The lowest BCUT2D eigenvalue weighted by molar-refractivity contribution is 0.0180. The van der Waals surface area contributed by atoms with Gasteiger partial charge in [-0.1, -0.05) is 27.2 Å². The number of hydrogen-bond acceptors (Lipinski definition) is 3. The van der Waals surface area contributed by atoms with E-state index >= 15 is 0 Å². The van der Waals surface area contributed by atoms with Gasteiger partial charge in [-0.2, -0.15) is 0 Å². The minimum Gasteiger partial charge on any atom is -0.314 e. The van der Waals surface area contributed by atoms with E-state index in [0.29, 0.717) is 0 Å². The molecular formula is C17H35N3. The third kappa shape index (κ3) is 4.19. The van der Waals surface area contributed by atoms with Crippen LogP contribution in [0.1, 0.15) is 59.3 Å². The van der Waals surface area contributed by atoms with Gasteiger partial charge in [0, 0.05) is 31.2 Å². The van der Waals surface area contributed by atoms with E-state index in [0.717, 1.165) is 18.1 Å². The molecule has 118 valence electrons. The van der Waals surface area contributed by atoms with E-state index in [4.69, 9.17) is 0 Å². The van der Waals surface area contributed by atoms with E-state index in [2.05, 4.69) is 35.9 Å². The van der Waals surface area contributed by atoms with Crippen LogP contribution in [0.15, 0.2) is 0 Å². The summed E-state index contributed by atoms with van der Waals surface area (Å²) in [5.41, 5.74) is 0. The van der Waals surface area contributed by atoms with Gasteiger partial charge in [-0.05, 0) is 51.7 Å². The first-order chi connectivity index (χ1) is 9.78. The monoisotopic (exact) mass is 281 g/mol. The first-order valence-electron chi connectivity index (χ1n) is 8.99. The van der Waals surface area contributed by atoms with Crippen molar-refractivity contribution in [3.8, 4) is 0 Å². The van der Waals surface area contributed by atoms with Gasteiger partial charge >= 0.3 is 0 Å². The van der Waals surface area contributed by atoms with Crippen LogP contribution in [0.25, 0.3) is 0 Å². The number of nitrogens with one attached hydrogen (secondary N) is 1. The number of piperidine rings is 2. The van der Waals surface area contributed by atoms with Crippen LogP contribution in [0.3, 0.4) is 0 Å². The second-order valence-electron chi connectivity index (χ2n) is 6.63. The molecule has 2 bridgehead atoms. The molecule has 0 aromatic rings. The molecule has 2 rings (SSSR count). The van der Waals surface area contributed by atoms with Crippen LogP contribution in [-0.2, 0) is 0 Å². The molecule has 20 heavy (non-hydrogen) atoms. The van der Waals surface area contributed by atoms with Crippen LogP contribution in [0.2, 0.25) is 0 Å². The average molecular weight is 281 g/mol. The van der Waals surface area contributed by atoms with Crippen molar-refractivity contribution < 1.29 is 0 Å². The maximum absolute atomic E-state index is 3.77. The van der Waals surface area contributed by atoms with E-state index in [1.807, 2.05) is 0 Å². The molecule has 0 aliphatic carbocycles. The number of hydrogen-bond donors (Lipinski definition) is 1. The lowest BCUT2D eigenvalue weighted by Crippen LogP contribution is -2.57. The van der Waals surface area contributed by atoms with E-state index in [-0.39, 0.29) is 0 Å². The van der Waals surface area contributed by atoms with Crippen molar-refractivity contribution in [1.29, 1.82) is 0 Å². The minimum absolute atomic E-state index is 0.787. The largest absolute Gasteiger partial charge is 0.314 e. The van der Waals surface area contributed by atoms with E-state index in [1.54, 1.807) is 0 Å². The van der Waals surface area contributed by atoms with Gasteiger partial charge in [-0.15, -0.1) is 0 Å². The predicted octanol–water partition coefficient (Wildman–Crippen LogP) is 2.71. The zero-order valence-corrected chi connectivity index (χ0v) is 13.9. The molecule has 2 aliphatic rings. The summed E-state index contributed by atoms with van der Waals surface area (Å²) in [5, 5.41) is 3.77. The van der Waals surface area contributed by atoms with Gasteiger partial charge in [0.25, 0.3) is 0 Å². The van der Waals surface area contributed by atoms with Crippen molar-refractivity contribution in [2.24, 2.45) is 0 Å². The zero-order valence-electron chi connectivity index (χ0n) is 13.9. The Morgan fingerprint density at radius 2 is 1.70 bits per heavy atom. The van der Waals surface area contributed by atoms with Crippen molar-refractivity contribution in [2.45, 2.75) is 77.4 Å². The molecule has 0 spiro atoms. The smallest absolute Gasteiger partial charge is 0.0115 e. The predicted molar refractivity (Wildman–Crippen MR) is 87.2 cm³/mol. The Morgan fingerprint density at radius 1 is 1.05 bits per heavy atom. The van der Waals surface area contributed by atoms with Gasteiger partial charge in [0.05, 0.1) is 0 Å². The summed E-state index contributed by atoms with van der Waals surface area (Å²) in [6, 6.07) is 2.50. The SMILES string of the molecule is CCCNC1CC2CCCC(C1)N2CCN(CC)CC. The Balaban J connectivity index is 1.84. The highest BCUT2D eigenvalue weighted by Crippen LogP contribution is 2.33. The van der Waals surface area contributed by atoms with E-state index < -0.39 is 0 Å². The van der Waals surface area contributed by atoms with Crippen LogP contribution in [-0.4, -0.2) is 60.6 Å². The summed E-state index contributed by atoms with van der Waals surface area (Å²) < 4.78 is 0. The fourth-order valence-corrected chi connectivity index (χ4v) is 4.16. The summed E-state index contributed by atoms with van der Waals surface area (Å²) in [7, 11) is 0. The molecule has 2 unspecified atom stereocenters. The second kappa shape index (κ2) is 8.35. The maximum Gasteiger partial charge on any atom is 0.0115 e. The molecular weight excluding hydrogens is 246 g/mol. The van der Waals surface area contributed by atoms with Gasteiger partial charge < -0.3 is 10.2 Å². The standard InChI is InChI=1S/C17H35N3/c1-4-10-18-15-13-16-8-7-9-17(14-15)20(16)12-11-19(5-2)6-3/h15-18H,4-14H2,1-3H3. The highest BCUT2D eigenvalue weighted by Gasteiger charge is 2.37. The third-order valence-corrected chi connectivity index (χ3v) is 5.38. The van der Waals surface area contributed by atoms with Crippen molar-refractivity contribution in [3.63, 3.8) is 0 Å². The minimum atomic E-state index is 0.787. The Bertz CT molecular complexity index is 251. The Morgan fingerprint density at radius 3 is 2.25 bits per heavy atom. The molecule has 0 saturated carbocycles. The van der Waals surface area contributed by atoms with Crippen LogP contribution < -0.4 is 5.32 Å². The molecule has 0 amide bonds. The molecule has 1 N–H and O–H groups in total. The Kier molecular flexibility index (Phi) is 6.79. The topological polar surface area (TPSA) is 18.5 Å². The zero-order chi connectivity index (χ0) is 14.4. The number of nitrogens with zero attached hydrogens (tertiary/aromatic N) is 2. The summed E-state index contributed by atoms with van der Waals surface area (Å²) >= 11 is 0. The summed E-state index contributed by atoms with van der Waals surface area (Å²) in [4.78, 5) is 5.42. The highest BCUT2D eigenvalue weighted by atomic mass is 15.2. The second-order valence-corrected chi connectivity index (χ2v) is 6.63. The molecule has 3 heteroatoms. The molecule has 2 aliphatic heterocycles. The van der Waals surface area contributed by atoms with Gasteiger partial charge in [-0.3, -0.25) is 4.90 Å². The molecule has 2 saturated heterocycles. The van der Waals surface area contributed by atoms with E-state index in [9.17, 15) is 0 Å². The van der Waals surface area contributed by atoms with Gasteiger partial charge in [0.15, 0.2) is 0 Å². The molecule has 3 nitrogen and oxygen atoms in total. The lowest BCUT2D eigenvalue weighted by Gasteiger charge is -2.49. The molecule has 0 radical (unpaired) electrons. The third-order valence-electron chi connectivity index (χ3n) is 5.38. The fourth-order valence-electron chi connectivity index (χ4n) is 4.16. The first kappa shape index (κ1) is 16.3.